The molecule has 0 aliphatic heterocycles. The predicted molar refractivity (Wildman–Crippen MR) is 139 cm³/mol. The van der Waals surface area contributed by atoms with Crippen LogP contribution in [0.1, 0.15) is 0 Å². The summed E-state index contributed by atoms with van der Waals surface area (Å²) in [5, 5.41) is 1.55. The quantitative estimate of drug-likeness (QED) is 0.142. The third-order valence-corrected chi connectivity index (χ3v) is 8.26. The van der Waals surface area contributed by atoms with Crippen molar-refractivity contribution in [3.8, 4) is 11.5 Å². The van der Waals surface area contributed by atoms with Crippen molar-refractivity contribution in [2.75, 3.05) is 0 Å². The molecule has 188 valence electrons. The number of halogens is 2. The Morgan fingerprint density at radius 3 is 1.54 bits per heavy atom. The Hall–Kier alpha value is -3.57. The molecule has 0 fully saturated rings. The Balaban J connectivity index is 1.52. The van der Waals surface area contributed by atoms with Crippen LogP contribution in [-0.2, 0) is 20.2 Å². The molecule has 0 spiro atoms. The van der Waals surface area contributed by atoms with Gasteiger partial charge in [0.25, 0.3) is 0 Å². The smallest absolute Gasteiger partial charge is 0.344 e. The minimum absolute atomic E-state index is 0.0219. The fraction of sp³-hybridized carbons (Fsp3) is 0. The number of benzene rings is 4. The Bertz CT molecular complexity index is 1930. The molecule has 1 heterocycles. The average molecular weight is 577 g/mol. The molecule has 0 saturated heterocycles. The topological polar surface area (TPSA) is 117 Å². The van der Waals surface area contributed by atoms with Crippen molar-refractivity contribution in [2.45, 2.75) is 9.79 Å². The summed E-state index contributed by atoms with van der Waals surface area (Å²) in [6.07, 6.45) is 0. The van der Waals surface area contributed by atoms with Crippen LogP contribution >= 0.6 is 23.2 Å². The summed E-state index contributed by atoms with van der Waals surface area (Å²) < 4.78 is 66.6. The van der Waals surface area contributed by atoms with Gasteiger partial charge >= 0.3 is 25.9 Å². The van der Waals surface area contributed by atoms with Gasteiger partial charge in [-0.3, -0.25) is 0 Å². The SMILES string of the molecule is O=c1oc2cc(S(=O)(=O)Oc3ccc(Cl)cc3)ccc2c2ccc(S(=O)(=O)Oc3ccc(Cl)cc3)cc12. The summed E-state index contributed by atoms with van der Waals surface area (Å²) in [7, 11) is -8.53. The second kappa shape index (κ2) is 9.38. The first-order valence-corrected chi connectivity index (χ1v) is 14.0. The first-order chi connectivity index (χ1) is 17.5. The van der Waals surface area contributed by atoms with Crippen LogP contribution in [0.15, 0.2) is 104 Å². The van der Waals surface area contributed by atoms with Gasteiger partial charge in [0.1, 0.15) is 26.9 Å². The first-order valence-electron chi connectivity index (χ1n) is 10.4. The van der Waals surface area contributed by atoms with Gasteiger partial charge in [-0.1, -0.05) is 29.3 Å². The fourth-order valence-corrected chi connectivity index (χ4v) is 5.69. The predicted octanol–water partition coefficient (Wildman–Crippen LogP) is 5.79. The number of hydrogen-bond acceptors (Lipinski definition) is 8. The molecule has 0 aliphatic carbocycles. The van der Waals surface area contributed by atoms with Gasteiger partial charge in [0.15, 0.2) is 0 Å². The summed E-state index contributed by atoms with van der Waals surface area (Å²) >= 11 is 11.6. The molecule has 1 aromatic heterocycles. The Kier molecular flexibility index (Phi) is 6.36. The van der Waals surface area contributed by atoms with E-state index in [0.29, 0.717) is 20.8 Å². The lowest BCUT2D eigenvalue weighted by Crippen LogP contribution is -2.11. The van der Waals surface area contributed by atoms with Crippen LogP contribution in [0.25, 0.3) is 21.7 Å². The lowest BCUT2D eigenvalue weighted by molar-refractivity contribution is 0.484. The molecular formula is C25H14Cl2O8S2. The summed E-state index contributed by atoms with van der Waals surface area (Å²) in [6.45, 7) is 0. The summed E-state index contributed by atoms with van der Waals surface area (Å²) in [6, 6.07) is 19.2. The largest absolute Gasteiger partial charge is 0.422 e. The molecule has 12 heteroatoms. The van der Waals surface area contributed by atoms with E-state index in [2.05, 4.69) is 0 Å². The molecule has 0 amide bonds. The summed E-state index contributed by atoms with van der Waals surface area (Å²) in [5.41, 5.74) is -0.884. The maximum Gasteiger partial charge on any atom is 0.344 e. The Morgan fingerprint density at radius 1 is 0.568 bits per heavy atom. The maximum absolute atomic E-state index is 12.8. The fourth-order valence-electron chi connectivity index (χ4n) is 3.53. The lowest BCUT2D eigenvalue weighted by atomic mass is 10.1. The van der Waals surface area contributed by atoms with Crippen molar-refractivity contribution in [3.63, 3.8) is 0 Å². The number of rotatable bonds is 6. The highest BCUT2D eigenvalue weighted by molar-refractivity contribution is 7.87. The molecule has 37 heavy (non-hydrogen) atoms. The zero-order chi connectivity index (χ0) is 26.4. The van der Waals surface area contributed by atoms with E-state index in [1.807, 2.05) is 0 Å². The van der Waals surface area contributed by atoms with Gasteiger partial charge in [-0.15, -0.1) is 0 Å². The second-order valence-corrected chi connectivity index (χ2v) is 11.7. The summed E-state index contributed by atoms with van der Waals surface area (Å²) in [4.78, 5) is 12.2. The minimum atomic E-state index is -4.27. The van der Waals surface area contributed by atoms with E-state index in [1.165, 1.54) is 72.8 Å². The molecule has 8 nitrogen and oxygen atoms in total. The standard InChI is InChI=1S/C25H14Cl2O8S2/c26-15-1-5-17(6-2-15)34-36(29,30)19-9-11-21-22-12-10-20(14-24(22)33-25(28)23(21)13-19)37(31,32)35-18-7-3-16(27)4-8-18/h1-14H. The number of fused-ring (bicyclic) bond motifs is 3. The van der Waals surface area contributed by atoms with Gasteiger partial charge in [-0.2, -0.15) is 16.8 Å². The van der Waals surface area contributed by atoms with Crippen molar-refractivity contribution < 1.29 is 29.6 Å². The van der Waals surface area contributed by atoms with E-state index < -0.39 is 25.9 Å². The average Bonchev–Trinajstić information content (AvgIpc) is 2.86. The van der Waals surface area contributed by atoms with Gasteiger partial charge in [0, 0.05) is 26.9 Å². The van der Waals surface area contributed by atoms with Crippen LogP contribution < -0.4 is 14.0 Å². The molecule has 5 aromatic rings. The molecule has 0 bridgehead atoms. The van der Waals surface area contributed by atoms with Crippen LogP contribution in [0.2, 0.25) is 10.0 Å². The molecule has 5 rings (SSSR count). The molecular weight excluding hydrogens is 563 g/mol. The first kappa shape index (κ1) is 25.1. The van der Waals surface area contributed by atoms with Crippen molar-refractivity contribution in [1.82, 2.24) is 0 Å². The van der Waals surface area contributed by atoms with Crippen LogP contribution in [0.5, 0.6) is 11.5 Å². The second-order valence-electron chi connectivity index (χ2n) is 7.74. The van der Waals surface area contributed by atoms with Gasteiger partial charge in [0.2, 0.25) is 0 Å². The molecule has 0 atom stereocenters. The van der Waals surface area contributed by atoms with Crippen molar-refractivity contribution in [2.24, 2.45) is 0 Å². The van der Waals surface area contributed by atoms with Crippen molar-refractivity contribution >= 4 is 65.2 Å². The van der Waals surface area contributed by atoms with Crippen molar-refractivity contribution in [1.29, 1.82) is 0 Å². The third-order valence-electron chi connectivity index (χ3n) is 5.27. The van der Waals surface area contributed by atoms with Gasteiger partial charge in [-0.25, -0.2) is 4.79 Å². The van der Waals surface area contributed by atoms with Crippen LogP contribution in [0.3, 0.4) is 0 Å². The van der Waals surface area contributed by atoms with E-state index in [0.717, 1.165) is 12.1 Å². The number of hydrogen-bond donors (Lipinski definition) is 0. The Labute approximate surface area is 220 Å². The van der Waals surface area contributed by atoms with Gasteiger partial charge in [-0.05, 0) is 72.8 Å². The van der Waals surface area contributed by atoms with Gasteiger partial charge in [0.05, 0.1) is 5.39 Å². The highest BCUT2D eigenvalue weighted by atomic mass is 35.5. The normalized spacial score (nSPS) is 12.1. The molecule has 0 aliphatic rings. The monoisotopic (exact) mass is 576 g/mol. The Morgan fingerprint density at radius 2 is 1.03 bits per heavy atom. The zero-order valence-corrected chi connectivity index (χ0v) is 21.6. The van der Waals surface area contributed by atoms with E-state index in [1.54, 1.807) is 0 Å². The molecule has 4 aromatic carbocycles. The molecule has 0 N–H and O–H groups in total. The zero-order valence-electron chi connectivity index (χ0n) is 18.4. The lowest BCUT2D eigenvalue weighted by Gasteiger charge is -2.10. The van der Waals surface area contributed by atoms with E-state index in [-0.39, 0.29) is 32.3 Å². The summed E-state index contributed by atoms with van der Waals surface area (Å²) in [5.74, 6) is 0.101. The third kappa shape index (κ3) is 5.14. The van der Waals surface area contributed by atoms with Crippen LogP contribution in [-0.4, -0.2) is 16.8 Å². The maximum atomic E-state index is 12.8. The highest BCUT2D eigenvalue weighted by Gasteiger charge is 2.21. The van der Waals surface area contributed by atoms with E-state index in [4.69, 9.17) is 36.0 Å². The van der Waals surface area contributed by atoms with Crippen molar-refractivity contribution in [3.05, 3.63) is 105 Å². The highest BCUT2D eigenvalue weighted by Crippen LogP contribution is 2.29. The van der Waals surface area contributed by atoms with E-state index in [9.17, 15) is 21.6 Å². The van der Waals surface area contributed by atoms with Crippen LogP contribution in [0, 0.1) is 0 Å². The molecule has 0 unspecified atom stereocenters. The molecule has 0 radical (unpaired) electrons. The van der Waals surface area contributed by atoms with Gasteiger partial charge < -0.3 is 12.8 Å². The molecule has 0 saturated carbocycles. The van der Waals surface area contributed by atoms with E-state index >= 15 is 0 Å². The van der Waals surface area contributed by atoms with Crippen LogP contribution in [0.4, 0.5) is 0 Å². The minimum Gasteiger partial charge on any atom is -0.422 e.